The number of carbonyl (C=O) groups is 1. The van der Waals surface area contributed by atoms with Crippen LogP contribution < -0.4 is 9.47 Å². The second-order valence-electron chi connectivity index (χ2n) is 5.78. The Morgan fingerprint density at radius 2 is 1.88 bits per heavy atom. The van der Waals surface area contributed by atoms with Gasteiger partial charge in [0.25, 0.3) is 0 Å². The molecule has 136 valence electrons. The lowest BCUT2D eigenvalue weighted by Gasteiger charge is -2.22. The molecule has 0 atom stereocenters. The van der Waals surface area contributed by atoms with Gasteiger partial charge in [0.15, 0.2) is 11.5 Å². The molecule has 0 unspecified atom stereocenters. The van der Waals surface area contributed by atoms with Gasteiger partial charge in [-0.1, -0.05) is 6.92 Å². The van der Waals surface area contributed by atoms with Crippen LogP contribution in [0.1, 0.15) is 26.7 Å². The van der Waals surface area contributed by atoms with E-state index >= 15 is 0 Å². The fourth-order valence-electron chi connectivity index (χ4n) is 2.25. The number of nitrogens with zero attached hydrogens (tertiary/aromatic N) is 2. The van der Waals surface area contributed by atoms with Gasteiger partial charge in [0.2, 0.25) is 5.91 Å². The van der Waals surface area contributed by atoms with Crippen molar-refractivity contribution >= 4 is 5.91 Å². The fourth-order valence-corrected chi connectivity index (χ4v) is 2.25. The van der Waals surface area contributed by atoms with Crippen LogP contribution in [0.25, 0.3) is 0 Å². The zero-order valence-corrected chi connectivity index (χ0v) is 15.2. The maximum atomic E-state index is 12.1. The topological polar surface area (TPSA) is 62.2 Å². The first-order valence-corrected chi connectivity index (χ1v) is 8.49. The fraction of sp³-hybridized carbons (Fsp3) is 0.611. The zero-order chi connectivity index (χ0) is 17.9. The first-order chi connectivity index (χ1) is 11.5. The largest absolute Gasteiger partial charge is 0.504 e. The summed E-state index contributed by atoms with van der Waals surface area (Å²) in [6.07, 6.45) is 1.42. The zero-order valence-electron chi connectivity index (χ0n) is 15.2. The first-order valence-electron chi connectivity index (χ1n) is 8.49. The van der Waals surface area contributed by atoms with Crippen molar-refractivity contribution in [3.63, 3.8) is 0 Å². The van der Waals surface area contributed by atoms with Crippen LogP contribution in [0.15, 0.2) is 18.2 Å². The normalized spacial score (nSPS) is 10.7. The summed E-state index contributed by atoms with van der Waals surface area (Å²) in [6.45, 7) is 7.37. The van der Waals surface area contributed by atoms with Crippen molar-refractivity contribution in [2.24, 2.45) is 0 Å². The molecule has 1 N–H and O–H groups in total. The Morgan fingerprint density at radius 1 is 1.12 bits per heavy atom. The Bertz CT molecular complexity index is 508. The molecule has 6 nitrogen and oxygen atoms in total. The minimum absolute atomic E-state index is 0.0387. The number of likely N-dealkylation sites (N-methyl/N-ethyl adjacent to an activating group) is 2. The SMILES string of the molecule is CCCN(C)CCN(C)C(=O)CCOc1ccc(OCC)c(O)c1. The number of ether oxygens (including phenoxy) is 2. The van der Waals surface area contributed by atoms with Crippen molar-refractivity contribution in [1.29, 1.82) is 0 Å². The molecule has 1 aromatic carbocycles. The first kappa shape index (κ1) is 20.1. The predicted octanol–water partition coefficient (Wildman–Crippen LogP) is 2.36. The number of amides is 1. The van der Waals surface area contributed by atoms with Crippen molar-refractivity contribution < 1.29 is 19.4 Å². The second-order valence-corrected chi connectivity index (χ2v) is 5.78. The highest BCUT2D eigenvalue weighted by Gasteiger charge is 2.10. The highest BCUT2D eigenvalue weighted by atomic mass is 16.5. The van der Waals surface area contributed by atoms with Crippen LogP contribution in [-0.2, 0) is 4.79 Å². The van der Waals surface area contributed by atoms with Gasteiger partial charge in [0, 0.05) is 26.2 Å². The van der Waals surface area contributed by atoms with Crippen LogP contribution in [-0.4, -0.2) is 67.8 Å². The van der Waals surface area contributed by atoms with Gasteiger partial charge in [0.1, 0.15) is 5.75 Å². The number of benzene rings is 1. The van der Waals surface area contributed by atoms with E-state index in [2.05, 4.69) is 18.9 Å². The summed E-state index contributed by atoms with van der Waals surface area (Å²) in [5.74, 6) is 1.04. The van der Waals surface area contributed by atoms with E-state index in [1.165, 1.54) is 6.07 Å². The highest BCUT2D eigenvalue weighted by molar-refractivity contribution is 5.76. The standard InChI is InChI=1S/C18H30N2O4/c1-5-10-19(3)11-12-20(4)18(22)9-13-24-15-7-8-17(23-6-2)16(21)14-15/h7-8,14,21H,5-6,9-13H2,1-4H3. The molecule has 1 rings (SSSR count). The van der Waals surface area contributed by atoms with Crippen molar-refractivity contribution in [2.75, 3.05) is 46.9 Å². The lowest BCUT2D eigenvalue weighted by atomic mass is 10.3. The molecule has 0 aliphatic heterocycles. The Labute approximate surface area is 145 Å². The van der Waals surface area contributed by atoms with Crippen LogP contribution in [0.5, 0.6) is 17.2 Å². The Kier molecular flexibility index (Phi) is 9.01. The van der Waals surface area contributed by atoms with Gasteiger partial charge in [-0.3, -0.25) is 4.79 Å². The lowest BCUT2D eigenvalue weighted by molar-refractivity contribution is -0.130. The molecule has 0 aliphatic rings. The van der Waals surface area contributed by atoms with Crippen molar-refractivity contribution in [2.45, 2.75) is 26.7 Å². The van der Waals surface area contributed by atoms with Gasteiger partial charge in [-0.15, -0.1) is 0 Å². The summed E-state index contributed by atoms with van der Waals surface area (Å²) in [7, 11) is 3.87. The summed E-state index contributed by atoms with van der Waals surface area (Å²) in [4.78, 5) is 16.0. The van der Waals surface area contributed by atoms with Gasteiger partial charge in [-0.05, 0) is 39.1 Å². The maximum absolute atomic E-state index is 12.1. The van der Waals surface area contributed by atoms with Gasteiger partial charge in [0.05, 0.1) is 19.6 Å². The molecule has 0 saturated carbocycles. The molecular weight excluding hydrogens is 308 g/mol. The number of hydrogen-bond donors (Lipinski definition) is 1. The van der Waals surface area contributed by atoms with Crippen molar-refractivity contribution in [1.82, 2.24) is 9.80 Å². The molecule has 0 aliphatic carbocycles. The van der Waals surface area contributed by atoms with E-state index in [9.17, 15) is 9.90 Å². The smallest absolute Gasteiger partial charge is 0.225 e. The Morgan fingerprint density at radius 3 is 2.50 bits per heavy atom. The van der Waals surface area contributed by atoms with Gasteiger partial charge in [-0.25, -0.2) is 0 Å². The van der Waals surface area contributed by atoms with Crippen LogP contribution >= 0.6 is 0 Å². The molecule has 0 spiro atoms. The van der Waals surface area contributed by atoms with Crippen LogP contribution in [0.2, 0.25) is 0 Å². The molecule has 0 saturated heterocycles. The Balaban J connectivity index is 2.33. The van der Waals surface area contributed by atoms with E-state index < -0.39 is 0 Å². The van der Waals surface area contributed by atoms with Crippen LogP contribution in [0.3, 0.4) is 0 Å². The molecule has 0 radical (unpaired) electrons. The maximum Gasteiger partial charge on any atom is 0.225 e. The lowest BCUT2D eigenvalue weighted by Crippen LogP contribution is -2.35. The van der Waals surface area contributed by atoms with E-state index in [1.807, 2.05) is 14.0 Å². The van der Waals surface area contributed by atoms with E-state index in [0.717, 1.165) is 19.5 Å². The second kappa shape index (κ2) is 10.8. The van der Waals surface area contributed by atoms with E-state index in [1.54, 1.807) is 17.0 Å². The van der Waals surface area contributed by atoms with E-state index in [4.69, 9.17) is 9.47 Å². The monoisotopic (exact) mass is 338 g/mol. The molecule has 6 heteroatoms. The minimum Gasteiger partial charge on any atom is -0.504 e. The molecule has 24 heavy (non-hydrogen) atoms. The molecule has 1 amide bonds. The summed E-state index contributed by atoms with van der Waals surface area (Å²) in [6, 6.07) is 4.88. The summed E-state index contributed by atoms with van der Waals surface area (Å²) in [5.41, 5.74) is 0. The average molecular weight is 338 g/mol. The molecule has 1 aromatic rings. The number of carbonyl (C=O) groups excluding carboxylic acids is 1. The predicted molar refractivity (Wildman–Crippen MR) is 94.8 cm³/mol. The quantitative estimate of drug-likeness (QED) is 0.671. The van der Waals surface area contributed by atoms with Gasteiger partial charge in [-0.2, -0.15) is 0 Å². The molecular formula is C18H30N2O4. The average Bonchev–Trinajstić information content (AvgIpc) is 2.55. The number of aromatic hydroxyl groups is 1. The van der Waals surface area contributed by atoms with Crippen molar-refractivity contribution in [3.05, 3.63) is 18.2 Å². The number of hydrogen-bond acceptors (Lipinski definition) is 5. The summed E-state index contributed by atoms with van der Waals surface area (Å²) >= 11 is 0. The van der Waals surface area contributed by atoms with Crippen LogP contribution in [0.4, 0.5) is 0 Å². The Hall–Kier alpha value is -1.95. The minimum atomic E-state index is 0.0387. The number of rotatable bonds is 11. The van der Waals surface area contributed by atoms with E-state index in [-0.39, 0.29) is 18.3 Å². The molecule has 0 heterocycles. The molecule has 0 aromatic heterocycles. The summed E-state index contributed by atoms with van der Waals surface area (Å²) < 4.78 is 10.8. The van der Waals surface area contributed by atoms with Crippen LogP contribution in [0, 0.1) is 0 Å². The van der Waals surface area contributed by atoms with E-state index in [0.29, 0.717) is 31.1 Å². The molecule has 0 fully saturated rings. The van der Waals surface area contributed by atoms with Crippen molar-refractivity contribution in [3.8, 4) is 17.2 Å². The number of phenolic OH excluding ortho intramolecular Hbond substituents is 1. The summed E-state index contributed by atoms with van der Waals surface area (Å²) in [5, 5.41) is 9.80. The van der Waals surface area contributed by atoms with Gasteiger partial charge >= 0.3 is 0 Å². The third-order valence-corrected chi connectivity index (χ3v) is 3.66. The van der Waals surface area contributed by atoms with Gasteiger partial charge < -0.3 is 24.4 Å². The number of phenols is 1. The molecule has 0 bridgehead atoms. The third kappa shape index (κ3) is 7.08. The highest BCUT2D eigenvalue weighted by Crippen LogP contribution is 2.30. The third-order valence-electron chi connectivity index (χ3n) is 3.66.